The summed E-state index contributed by atoms with van der Waals surface area (Å²) in [5.74, 6) is 1.20. The molecule has 2 N–H and O–H groups in total. The number of nitrogens with two attached hydrogens (primary N) is 1. The number of aryl methyl sites for hydroxylation is 1. The van der Waals surface area contributed by atoms with Crippen molar-refractivity contribution in [1.82, 2.24) is 9.66 Å². The molecule has 1 heterocycles. The Bertz CT molecular complexity index is 669. The van der Waals surface area contributed by atoms with E-state index in [0.717, 1.165) is 31.5 Å². The summed E-state index contributed by atoms with van der Waals surface area (Å²) in [6.45, 7) is 4.62. The van der Waals surface area contributed by atoms with Gasteiger partial charge in [-0.05, 0) is 48.1 Å². The van der Waals surface area contributed by atoms with E-state index in [4.69, 9.17) is 10.5 Å². The first-order chi connectivity index (χ1) is 10.0. The zero-order valence-corrected chi connectivity index (χ0v) is 15.6. The first kappa shape index (κ1) is 16.3. The van der Waals surface area contributed by atoms with Crippen molar-refractivity contribution in [1.29, 1.82) is 0 Å². The van der Waals surface area contributed by atoms with Gasteiger partial charge in [0.1, 0.15) is 5.75 Å². The topological polar surface area (TPSA) is 65.4 Å². The summed E-state index contributed by atoms with van der Waals surface area (Å²) >= 11 is 5.75. The second kappa shape index (κ2) is 7.26. The summed E-state index contributed by atoms with van der Waals surface area (Å²) in [4.78, 5) is 4.12. The van der Waals surface area contributed by atoms with Crippen LogP contribution >= 0.6 is 38.5 Å². The van der Waals surface area contributed by atoms with Gasteiger partial charge in [0.25, 0.3) is 0 Å². The van der Waals surface area contributed by atoms with E-state index in [1.54, 1.807) is 17.1 Å². The number of benzene rings is 1. The zero-order valence-electron chi connectivity index (χ0n) is 11.8. The van der Waals surface area contributed by atoms with Crippen molar-refractivity contribution in [3.05, 3.63) is 37.6 Å². The zero-order chi connectivity index (χ0) is 15.4. The van der Waals surface area contributed by atoms with E-state index < -0.39 is 0 Å². The highest BCUT2D eigenvalue weighted by Crippen LogP contribution is 2.29. The van der Waals surface area contributed by atoms with Gasteiger partial charge in [-0.2, -0.15) is 5.10 Å². The highest BCUT2D eigenvalue weighted by Gasteiger charge is 2.09. The molecule has 21 heavy (non-hydrogen) atoms. The minimum absolute atomic E-state index is 0.365. The molecule has 0 radical (unpaired) electrons. The van der Waals surface area contributed by atoms with Gasteiger partial charge in [-0.25, -0.2) is 9.66 Å². The maximum Gasteiger partial charge on any atom is 0.221 e. The Kier molecular flexibility index (Phi) is 5.63. The summed E-state index contributed by atoms with van der Waals surface area (Å²) < 4.78 is 9.38. The third-order valence-electron chi connectivity index (χ3n) is 2.64. The number of hydrogen-bond acceptors (Lipinski definition) is 4. The first-order valence-electron chi connectivity index (χ1n) is 6.49. The molecule has 0 fully saturated rings. The lowest BCUT2D eigenvalue weighted by Gasteiger charge is -2.11. The molecule has 2 aromatic rings. The summed E-state index contributed by atoms with van der Waals surface area (Å²) in [6.07, 6.45) is 4.47. The van der Waals surface area contributed by atoms with Crippen LogP contribution in [0.4, 0.5) is 5.95 Å². The maximum absolute atomic E-state index is 5.82. The third-order valence-corrected chi connectivity index (χ3v) is 3.90. The summed E-state index contributed by atoms with van der Waals surface area (Å²) in [6, 6.07) is 3.98. The Hall–Kier alpha value is -1.09. The highest BCUT2D eigenvalue weighted by molar-refractivity contribution is 14.1. The van der Waals surface area contributed by atoms with Crippen LogP contribution in [0.3, 0.4) is 0 Å². The number of halogens is 2. The molecular formula is C14H16BrIN4O. The number of nitrogen functional groups attached to an aromatic ring is 1. The molecule has 5 nitrogen and oxygen atoms in total. The summed E-state index contributed by atoms with van der Waals surface area (Å²) in [7, 11) is 0. The average Bonchev–Trinajstić information content (AvgIpc) is 2.73. The summed E-state index contributed by atoms with van der Waals surface area (Å²) in [5, 5.41) is 4.35. The van der Waals surface area contributed by atoms with Crippen molar-refractivity contribution in [3.8, 4) is 5.75 Å². The molecule has 0 spiro atoms. The van der Waals surface area contributed by atoms with Gasteiger partial charge in [0.15, 0.2) is 0 Å². The Morgan fingerprint density at radius 1 is 1.52 bits per heavy atom. The molecular weight excluding hydrogens is 447 g/mol. The molecule has 0 aliphatic carbocycles. The lowest BCUT2D eigenvalue weighted by Crippen LogP contribution is -2.02. The lowest BCUT2D eigenvalue weighted by molar-refractivity contribution is 0.315. The predicted octanol–water partition coefficient (Wildman–Crippen LogP) is 3.81. The van der Waals surface area contributed by atoms with Crippen LogP contribution in [0.15, 0.2) is 27.9 Å². The monoisotopic (exact) mass is 462 g/mol. The van der Waals surface area contributed by atoms with Crippen molar-refractivity contribution < 1.29 is 4.74 Å². The SMILES string of the molecule is CCCOc1c(I)cc(Br)cc1C=Nn1cc(C)nc1N. The Morgan fingerprint density at radius 2 is 2.29 bits per heavy atom. The Balaban J connectivity index is 2.35. The Labute approximate surface area is 145 Å². The van der Waals surface area contributed by atoms with E-state index in [9.17, 15) is 0 Å². The van der Waals surface area contributed by atoms with Gasteiger partial charge in [-0.15, -0.1) is 0 Å². The van der Waals surface area contributed by atoms with Gasteiger partial charge in [-0.1, -0.05) is 22.9 Å². The molecule has 0 saturated carbocycles. The number of ether oxygens (including phenoxy) is 1. The van der Waals surface area contributed by atoms with Gasteiger partial charge in [0.05, 0.1) is 28.3 Å². The fourth-order valence-corrected chi connectivity index (χ4v) is 3.46. The predicted molar refractivity (Wildman–Crippen MR) is 97.0 cm³/mol. The maximum atomic E-state index is 5.82. The smallest absolute Gasteiger partial charge is 0.221 e. The number of imidazole rings is 1. The number of aromatic nitrogens is 2. The number of hydrogen-bond donors (Lipinski definition) is 1. The second-order valence-electron chi connectivity index (χ2n) is 4.48. The molecule has 0 saturated heterocycles. The average molecular weight is 463 g/mol. The van der Waals surface area contributed by atoms with Gasteiger partial charge in [-0.3, -0.25) is 0 Å². The van der Waals surface area contributed by atoms with E-state index in [-0.39, 0.29) is 0 Å². The van der Waals surface area contributed by atoms with E-state index in [2.05, 4.69) is 55.5 Å². The molecule has 0 atom stereocenters. The van der Waals surface area contributed by atoms with E-state index in [0.29, 0.717) is 12.6 Å². The minimum Gasteiger partial charge on any atom is -0.492 e. The van der Waals surface area contributed by atoms with Crippen LogP contribution in [0, 0.1) is 10.5 Å². The molecule has 0 bridgehead atoms. The molecule has 0 amide bonds. The van der Waals surface area contributed by atoms with Crippen molar-refractivity contribution in [2.75, 3.05) is 12.3 Å². The van der Waals surface area contributed by atoms with Gasteiger partial charge in [0, 0.05) is 10.0 Å². The number of anilines is 1. The molecule has 0 aliphatic rings. The van der Waals surface area contributed by atoms with Crippen LogP contribution in [0.5, 0.6) is 5.75 Å². The fraction of sp³-hybridized carbons (Fsp3) is 0.286. The van der Waals surface area contributed by atoms with Crippen molar-refractivity contribution in [2.24, 2.45) is 5.10 Å². The number of rotatable bonds is 5. The minimum atomic E-state index is 0.365. The van der Waals surface area contributed by atoms with E-state index in [1.165, 1.54) is 0 Å². The van der Waals surface area contributed by atoms with Gasteiger partial charge >= 0.3 is 0 Å². The third kappa shape index (κ3) is 4.19. The molecule has 2 rings (SSSR count). The molecule has 7 heteroatoms. The molecule has 1 aromatic carbocycles. The molecule has 0 aliphatic heterocycles. The van der Waals surface area contributed by atoms with Crippen molar-refractivity contribution >= 4 is 50.7 Å². The normalized spacial score (nSPS) is 11.2. The van der Waals surface area contributed by atoms with E-state index in [1.807, 2.05) is 19.1 Å². The summed E-state index contributed by atoms with van der Waals surface area (Å²) in [5.41, 5.74) is 7.51. The first-order valence-corrected chi connectivity index (χ1v) is 8.36. The quantitative estimate of drug-likeness (QED) is 0.542. The number of nitrogens with zero attached hydrogens (tertiary/aromatic N) is 3. The van der Waals surface area contributed by atoms with E-state index >= 15 is 0 Å². The van der Waals surface area contributed by atoms with Crippen molar-refractivity contribution in [3.63, 3.8) is 0 Å². The fourth-order valence-electron chi connectivity index (χ4n) is 1.75. The standard InChI is InChI=1S/C14H16BrIN4O/c1-3-4-21-13-10(5-11(15)6-12(13)16)7-18-20-8-9(2)19-14(20)17/h5-8H,3-4H2,1-2H3,(H2,17,19). The lowest BCUT2D eigenvalue weighted by atomic mass is 10.2. The van der Waals surface area contributed by atoms with Crippen LogP contribution in [0.1, 0.15) is 24.6 Å². The van der Waals surface area contributed by atoms with Gasteiger partial charge in [0.2, 0.25) is 5.95 Å². The van der Waals surface area contributed by atoms with Crippen LogP contribution in [0.25, 0.3) is 0 Å². The molecule has 1 aromatic heterocycles. The highest BCUT2D eigenvalue weighted by atomic mass is 127. The van der Waals surface area contributed by atoms with Crippen LogP contribution in [-0.4, -0.2) is 22.5 Å². The van der Waals surface area contributed by atoms with Crippen LogP contribution < -0.4 is 10.5 Å². The van der Waals surface area contributed by atoms with Crippen LogP contribution in [-0.2, 0) is 0 Å². The molecule has 0 unspecified atom stereocenters. The largest absolute Gasteiger partial charge is 0.492 e. The second-order valence-corrected chi connectivity index (χ2v) is 6.56. The Morgan fingerprint density at radius 3 is 2.90 bits per heavy atom. The van der Waals surface area contributed by atoms with Crippen LogP contribution in [0.2, 0.25) is 0 Å². The molecule has 112 valence electrons. The van der Waals surface area contributed by atoms with Gasteiger partial charge < -0.3 is 10.5 Å². The van der Waals surface area contributed by atoms with Crippen molar-refractivity contribution in [2.45, 2.75) is 20.3 Å².